The van der Waals surface area contributed by atoms with Gasteiger partial charge in [-0.3, -0.25) is 0 Å². The fraction of sp³-hybridized carbons (Fsp3) is 0.429. The summed E-state index contributed by atoms with van der Waals surface area (Å²) in [7, 11) is -7.29. The van der Waals surface area contributed by atoms with Crippen LogP contribution in [0.25, 0.3) is 0 Å². The van der Waals surface area contributed by atoms with E-state index in [4.69, 9.17) is 11.6 Å². The van der Waals surface area contributed by atoms with Crippen LogP contribution >= 0.6 is 11.6 Å². The Balaban J connectivity index is 1.87. The molecular weight excluding hydrogens is 454 g/mol. The molecule has 1 aliphatic carbocycles. The summed E-state index contributed by atoms with van der Waals surface area (Å²) < 4.78 is 79.1. The number of halogens is 3. The van der Waals surface area contributed by atoms with Crippen molar-refractivity contribution in [1.82, 2.24) is 0 Å². The van der Waals surface area contributed by atoms with Gasteiger partial charge in [-0.05, 0) is 80.0 Å². The zero-order valence-electron chi connectivity index (χ0n) is 16.0. The van der Waals surface area contributed by atoms with Gasteiger partial charge in [-0.15, -0.1) is 0 Å². The maximum atomic E-state index is 14.9. The fourth-order valence-corrected chi connectivity index (χ4v) is 9.22. The van der Waals surface area contributed by atoms with E-state index in [1.807, 2.05) is 0 Å². The van der Waals surface area contributed by atoms with E-state index in [1.54, 1.807) is 0 Å². The lowest BCUT2D eigenvalue weighted by Gasteiger charge is -2.46. The Morgan fingerprint density at radius 3 is 2.40 bits per heavy atom. The third kappa shape index (κ3) is 3.67. The van der Waals surface area contributed by atoms with Crippen molar-refractivity contribution in [2.75, 3.05) is 11.5 Å². The van der Waals surface area contributed by atoms with Crippen LogP contribution in [0.3, 0.4) is 0 Å². The SMILES string of the molecule is O=S1(=O)CCC2CC(c3cc(F)ccc3F)(S(=O)(=O)c3ccc(Cl)cc3)CCC2C1. The summed E-state index contributed by atoms with van der Waals surface area (Å²) >= 11 is 5.90. The Hall–Kier alpha value is -1.51. The first kappa shape index (κ1) is 21.7. The van der Waals surface area contributed by atoms with Crippen LogP contribution in [0.2, 0.25) is 5.02 Å². The van der Waals surface area contributed by atoms with Crippen molar-refractivity contribution in [2.24, 2.45) is 11.8 Å². The van der Waals surface area contributed by atoms with Gasteiger partial charge in [0.2, 0.25) is 0 Å². The van der Waals surface area contributed by atoms with Gasteiger partial charge in [0.1, 0.15) is 16.4 Å². The second-order valence-electron chi connectivity index (χ2n) is 8.24. The molecule has 0 spiro atoms. The Morgan fingerprint density at radius 1 is 1.00 bits per heavy atom. The van der Waals surface area contributed by atoms with E-state index in [0.29, 0.717) is 17.9 Å². The van der Waals surface area contributed by atoms with Crippen molar-refractivity contribution in [3.63, 3.8) is 0 Å². The molecule has 0 radical (unpaired) electrons. The highest BCUT2D eigenvalue weighted by Gasteiger charge is 2.54. The van der Waals surface area contributed by atoms with Gasteiger partial charge in [0.25, 0.3) is 0 Å². The molecule has 1 aliphatic heterocycles. The topological polar surface area (TPSA) is 68.3 Å². The van der Waals surface area contributed by atoms with E-state index in [0.717, 1.165) is 18.2 Å². The molecule has 0 bridgehead atoms. The molecule has 1 saturated heterocycles. The second kappa shape index (κ2) is 7.57. The van der Waals surface area contributed by atoms with E-state index in [2.05, 4.69) is 0 Å². The lowest BCUT2D eigenvalue weighted by Crippen LogP contribution is -2.47. The van der Waals surface area contributed by atoms with Crippen molar-refractivity contribution in [3.8, 4) is 0 Å². The van der Waals surface area contributed by atoms with Crippen molar-refractivity contribution in [1.29, 1.82) is 0 Å². The van der Waals surface area contributed by atoms with Gasteiger partial charge in [-0.1, -0.05) is 11.6 Å². The second-order valence-corrected chi connectivity index (χ2v) is 13.2. The minimum absolute atomic E-state index is 0.0143. The molecule has 0 aromatic heterocycles. The normalized spacial score (nSPS) is 28.6. The number of hydrogen-bond donors (Lipinski definition) is 0. The first-order valence-electron chi connectivity index (χ1n) is 9.70. The van der Waals surface area contributed by atoms with Crippen LogP contribution in [0, 0.1) is 23.5 Å². The van der Waals surface area contributed by atoms with Gasteiger partial charge < -0.3 is 0 Å². The lowest BCUT2D eigenvalue weighted by molar-refractivity contribution is 0.194. The molecule has 0 N–H and O–H groups in total. The van der Waals surface area contributed by atoms with E-state index < -0.39 is 36.1 Å². The zero-order chi connectivity index (χ0) is 21.7. The minimum Gasteiger partial charge on any atom is -0.229 e. The average molecular weight is 475 g/mol. The maximum Gasteiger partial charge on any atom is 0.188 e. The Bertz CT molecular complexity index is 1180. The van der Waals surface area contributed by atoms with Gasteiger partial charge in [0.15, 0.2) is 19.7 Å². The number of hydrogen-bond acceptors (Lipinski definition) is 4. The third-order valence-electron chi connectivity index (χ3n) is 6.50. The summed E-state index contributed by atoms with van der Waals surface area (Å²) in [6.45, 7) is 0. The van der Waals surface area contributed by atoms with Crippen LogP contribution < -0.4 is 0 Å². The molecule has 30 heavy (non-hydrogen) atoms. The van der Waals surface area contributed by atoms with Gasteiger partial charge in [0, 0.05) is 10.6 Å². The summed E-state index contributed by atoms with van der Waals surface area (Å²) in [5, 5.41) is 0.362. The van der Waals surface area contributed by atoms with Crippen LogP contribution in [0.15, 0.2) is 47.4 Å². The highest BCUT2D eigenvalue weighted by molar-refractivity contribution is 7.92. The summed E-state index contributed by atoms with van der Waals surface area (Å²) in [6, 6.07) is 8.50. The average Bonchev–Trinajstić information content (AvgIpc) is 2.69. The third-order valence-corrected chi connectivity index (χ3v) is 11.1. The molecule has 4 nitrogen and oxygen atoms in total. The Morgan fingerprint density at radius 2 is 1.70 bits per heavy atom. The number of sulfone groups is 2. The molecule has 162 valence electrons. The monoisotopic (exact) mass is 474 g/mol. The molecule has 1 saturated carbocycles. The Kier molecular flexibility index (Phi) is 5.48. The number of rotatable bonds is 3. The highest BCUT2D eigenvalue weighted by Crippen LogP contribution is 2.53. The molecule has 0 amide bonds. The van der Waals surface area contributed by atoms with Gasteiger partial charge in [-0.2, -0.15) is 0 Å². The van der Waals surface area contributed by atoms with Gasteiger partial charge in [-0.25, -0.2) is 25.6 Å². The van der Waals surface area contributed by atoms with E-state index in [9.17, 15) is 25.6 Å². The molecule has 2 aromatic carbocycles. The summed E-state index contributed by atoms with van der Waals surface area (Å²) in [4.78, 5) is -0.0163. The van der Waals surface area contributed by atoms with Crippen molar-refractivity contribution in [3.05, 3.63) is 64.7 Å². The van der Waals surface area contributed by atoms with Crippen molar-refractivity contribution in [2.45, 2.75) is 35.3 Å². The molecule has 3 unspecified atom stereocenters. The zero-order valence-corrected chi connectivity index (χ0v) is 18.4. The minimum atomic E-state index is -4.13. The molecule has 1 heterocycles. The van der Waals surface area contributed by atoms with Crippen LogP contribution in [-0.2, 0) is 24.4 Å². The molecular formula is C21H21ClF2O4S2. The molecule has 2 fully saturated rings. The number of fused-ring (bicyclic) bond motifs is 1. The van der Waals surface area contributed by atoms with E-state index in [1.165, 1.54) is 24.3 Å². The van der Waals surface area contributed by atoms with E-state index in [-0.39, 0.29) is 46.6 Å². The molecule has 2 aromatic rings. The summed E-state index contributed by atoms with van der Waals surface area (Å²) in [6.07, 6.45) is 0.710. The predicted molar refractivity (Wildman–Crippen MR) is 111 cm³/mol. The maximum absolute atomic E-state index is 14.9. The molecule has 9 heteroatoms. The smallest absolute Gasteiger partial charge is 0.188 e. The highest BCUT2D eigenvalue weighted by atomic mass is 35.5. The van der Waals surface area contributed by atoms with Gasteiger partial charge >= 0.3 is 0 Å². The summed E-state index contributed by atoms with van der Waals surface area (Å²) in [5.41, 5.74) is -0.190. The number of benzene rings is 2. The molecule has 4 rings (SSSR count). The standard InChI is InChI=1S/C21H21ClF2O4S2/c22-16-1-4-18(5-2-16)30(27,28)21(19-11-17(23)3-6-20(19)24)9-7-15-13-29(25,26)10-8-14(15)12-21/h1-6,11,14-15H,7-10,12-13H2. The predicted octanol–water partition coefficient (Wildman–Crippen LogP) is 4.52. The first-order valence-corrected chi connectivity index (χ1v) is 13.4. The van der Waals surface area contributed by atoms with Crippen LogP contribution in [0.5, 0.6) is 0 Å². The van der Waals surface area contributed by atoms with Crippen LogP contribution in [0.4, 0.5) is 8.78 Å². The molecule has 2 aliphatic rings. The van der Waals surface area contributed by atoms with Crippen LogP contribution in [-0.4, -0.2) is 28.3 Å². The largest absolute Gasteiger partial charge is 0.229 e. The van der Waals surface area contributed by atoms with E-state index >= 15 is 0 Å². The molecule has 3 atom stereocenters. The quantitative estimate of drug-likeness (QED) is 0.655. The Labute approximate surface area is 180 Å². The summed E-state index contributed by atoms with van der Waals surface area (Å²) in [5.74, 6) is -1.88. The van der Waals surface area contributed by atoms with Crippen molar-refractivity contribution < 1.29 is 25.6 Å². The van der Waals surface area contributed by atoms with Gasteiger partial charge in [0.05, 0.1) is 16.4 Å². The fourth-order valence-electron chi connectivity index (χ4n) is 4.96. The lowest BCUT2D eigenvalue weighted by atomic mass is 9.70. The van der Waals surface area contributed by atoms with Crippen molar-refractivity contribution >= 4 is 31.3 Å². The van der Waals surface area contributed by atoms with Crippen LogP contribution in [0.1, 0.15) is 31.2 Å². The first-order chi connectivity index (χ1) is 14.0.